The zero-order chi connectivity index (χ0) is 11.7. The summed E-state index contributed by atoms with van der Waals surface area (Å²) in [5.74, 6) is 2.43. The van der Waals surface area contributed by atoms with E-state index in [-0.39, 0.29) is 5.92 Å². The van der Waals surface area contributed by atoms with Gasteiger partial charge in [-0.3, -0.25) is 4.79 Å². The fraction of sp³-hybridized carbons (Fsp3) is 0.923. The summed E-state index contributed by atoms with van der Waals surface area (Å²) in [7, 11) is 0. The molecule has 3 nitrogen and oxygen atoms in total. The monoisotopic (exact) mass is 224 g/mol. The van der Waals surface area contributed by atoms with Crippen LogP contribution >= 0.6 is 0 Å². The van der Waals surface area contributed by atoms with Crippen molar-refractivity contribution < 1.29 is 4.79 Å². The molecule has 0 saturated carbocycles. The lowest BCUT2D eigenvalue weighted by atomic mass is 9.89. The van der Waals surface area contributed by atoms with Crippen molar-refractivity contribution in [1.82, 2.24) is 10.2 Å². The van der Waals surface area contributed by atoms with Crippen LogP contribution in [0.2, 0.25) is 0 Å². The van der Waals surface area contributed by atoms with Crippen molar-refractivity contribution in [3.8, 4) is 0 Å². The van der Waals surface area contributed by atoms with Crippen LogP contribution in [0.3, 0.4) is 0 Å². The molecule has 92 valence electrons. The Morgan fingerprint density at radius 3 is 2.25 bits per heavy atom. The van der Waals surface area contributed by atoms with Gasteiger partial charge < -0.3 is 10.2 Å². The van der Waals surface area contributed by atoms with E-state index < -0.39 is 0 Å². The summed E-state index contributed by atoms with van der Waals surface area (Å²) in [5, 5.41) is 3.32. The van der Waals surface area contributed by atoms with Crippen LogP contribution in [0.1, 0.15) is 27.2 Å². The summed E-state index contributed by atoms with van der Waals surface area (Å²) in [6, 6.07) is 0. The van der Waals surface area contributed by atoms with Gasteiger partial charge in [-0.1, -0.05) is 20.8 Å². The summed E-state index contributed by atoms with van der Waals surface area (Å²) >= 11 is 0. The maximum atomic E-state index is 12.4. The molecule has 2 aliphatic heterocycles. The molecule has 2 fully saturated rings. The molecule has 1 N–H and O–H groups in total. The molecule has 16 heavy (non-hydrogen) atoms. The lowest BCUT2D eigenvalue weighted by molar-refractivity contribution is -0.138. The smallest absolute Gasteiger partial charge is 0.227 e. The number of hydrogen-bond donors (Lipinski definition) is 1. The van der Waals surface area contributed by atoms with Crippen LogP contribution in [0, 0.1) is 23.7 Å². The number of carbonyl (C=O) groups is 1. The van der Waals surface area contributed by atoms with E-state index in [1.54, 1.807) is 0 Å². The van der Waals surface area contributed by atoms with Crippen molar-refractivity contribution in [3.63, 3.8) is 0 Å². The van der Waals surface area contributed by atoms with Gasteiger partial charge in [0.1, 0.15) is 0 Å². The van der Waals surface area contributed by atoms with E-state index in [2.05, 4.69) is 31.0 Å². The molecule has 4 unspecified atom stereocenters. The summed E-state index contributed by atoms with van der Waals surface area (Å²) in [6.45, 7) is 10.5. The van der Waals surface area contributed by atoms with Crippen molar-refractivity contribution in [2.45, 2.75) is 27.2 Å². The third-order valence-corrected chi connectivity index (χ3v) is 4.02. The van der Waals surface area contributed by atoms with Gasteiger partial charge in [0.15, 0.2) is 0 Å². The SMILES string of the molecule is CC1CC(C)CN(C(=O)C2CNCC2C)C1. The maximum absolute atomic E-state index is 12.4. The molecule has 3 heteroatoms. The Bertz CT molecular complexity index is 257. The minimum absolute atomic E-state index is 0.220. The molecule has 4 atom stereocenters. The van der Waals surface area contributed by atoms with Crippen LogP contribution in [0.4, 0.5) is 0 Å². The molecule has 0 aromatic rings. The second-order valence-electron chi connectivity index (χ2n) is 5.93. The molecule has 0 aromatic heterocycles. The molecule has 1 amide bonds. The zero-order valence-electron chi connectivity index (χ0n) is 10.7. The average molecular weight is 224 g/mol. The third kappa shape index (κ3) is 2.40. The Balaban J connectivity index is 1.98. The number of likely N-dealkylation sites (tertiary alicyclic amines) is 1. The van der Waals surface area contributed by atoms with E-state index in [1.807, 2.05) is 0 Å². The van der Waals surface area contributed by atoms with Gasteiger partial charge in [0.2, 0.25) is 5.91 Å². The molecule has 0 radical (unpaired) electrons. The normalized spacial score (nSPS) is 40.1. The van der Waals surface area contributed by atoms with E-state index in [4.69, 9.17) is 0 Å². The molecule has 2 aliphatic rings. The second kappa shape index (κ2) is 4.74. The minimum Gasteiger partial charge on any atom is -0.342 e. The molecule has 2 heterocycles. The van der Waals surface area contributed by atoms with E-state index in [1.165, 1.54) is 6.42 Å². The highest BCUT2D eigenvalue weighted by Crippen LogP contribution is 2.25. The standard InChI is InChI=1S/C13H24N2O/c1-9-4-10(2)8-15(7-9)13(16)12-6-14-5-11(12)3/h9-12,14H,4-8H2,1-3H3. The molecule has 0 aliphatic carbocycles. The van der Waals surface area contributed by atoms with Gasteiger partial charge in [-0.15, -0.1) is 0 Å². The maximum Gasteiger partial charge on any atom is 0.227 e. The predicted molar refractivity (Wildman–Crippen MR) is 65.0 cm³/mol. The lowest BCUT2D eigenvalue weighted by Gasteiger charge is -2.37. The van der Waals surface area contributed by atoms with Gasteiger partial charge in [0, 0.05) is 19.6 Å². The van der Waals surface area contributed by atoms with Crippen molar-refractivity contribution in [1.29, 1.82) is 0 Å². The molecular weight excluding hydrogens is 200 g/mol. The fourth-order valence-electron chi connectivity index (χ4n) is 3.22. The van der Waals surface area contributed by atoms with Crippen LogP contribution < -0.4 is 5.32 Å². The highest BCUT2D eigenvalue weighted by Gasteiger charge is 2.35. The molecule has 2 saturated heterocycles. The highest BCUT2D eigenvalue weighted by atomic mass is 16.2. The lowest BCUT2D eigenvalue weighted by Crippen LogP contribution is -2.46. The van der Waals surface area contributed by atoms with Gasteiger partial charge in [-0.05, 0) is 30.7 Å². The second-order valence-corrected chi connectivity index (χ2v) is 5.93. The van der Waals surface area contributed by atoms with Crippen molar-refractivity contribution in [2.24, 2.45) is 23.7 Å². The summed E-state index contributed by atoms with van der Waals surface area (Å²) in [6.07, 6.45) is 1.27. The third-order valence-electron chi connectivity index (χ3n) is 4.02. The number of rotatable bonds is 1. The zero-order valence-corrected chi connectivity index (χ0v) is 10.7. The van der Waals surface area contributed by atoms with Gasteiger partial charge in [0.05, 0.1) is 5.92 Å². The molecule has 0 spiro atoms. The fourth-order valence-corrected chi connectivity index (χ4v) is 3.22. The van der Waals surface area contributed by atoms with Crippen LogP contribution in [-0.2, 0) is 4.79 Å². The Morgan fingerprint density at radius 2 is 1.75 bits per heavy atom. The van der Waals surface area contributed by atoms with Gasteiger partial charge in [-0.2, -0.15) is 0 Å². The molecule has 2 rings (SSSR count). The number of nitrogens with one attached hydrogen (secondary N) is 1. The van der Waals surface area contributed by atoms with Crippen molar-refractivity contribution >= 4 is 5.91 Å². The first-order valence-corrected chi connectivity index (χ1v) is 6.57. The van der Waals surface area contributed by atoms with Crippen LogP contribution in [-0.4, -0.2) is 37.0 Å². The summed E-state index contributed by atoms with van der Waals surface area (Å²) in [5.41, 5.74) is 0. The molecule has 0 aromatic carbocycles. The van der Waals surface area contributed by atoms with Crippen molar-refractivity contribution in [3.05, 3.63) is 0 Å². The quantitative estimate of drug-likeness (QED) is 0.729. The largest absolute Gasteiger partial charge is 0.342 e. The number of nitrogens with zero attached hydrogens (tertiary/aromatic N) is 1. The number of carbonyl (C=O) groups excluding carboxylic acids is 1. The van der Waals surface area contributed by atoms with E-state index in [9.17, 15) is 4.79 Å². The first kappa shape index (κ1) is 11.9. The van der Waals surface area contributed by atoms with Gasteiger partial charge in [-0.25, -0.2) is 0 Å². The summed E-state index contributed by atoms with van der Waals surface area (Å²) in [4.78, 5) is 14.5. The first-order chi connectivity index (χ1) is 7.58. The Morgan fingerprint density at radius 1 is 1.12 bits per heavy atom. The Kier molecular flexibility index (Phi) is 3.53. The van der Waals surface area contributed by atoms with Crippen molar-refractivity contribution in [2.75, 3.05) is 26.2 Å². The van der Waals surface area contributed by atoms with E-state index in [0.29, 0.717) is 23.7 Å². The predicted octanol–water partition coefficient (Wildman–Crippen LogP) is 1.35. The van der Waals surface area contributed by atoms with Crippen LogP contribution in [0.5, 0.6) is 0 Å². The van der Waals surface area contributed by atoms with Crippen LogP contribution in [0.25, 0.3) is 0 Å². The van der Waals surface area contributed by atoms with Gasteiger partial charge in [0.25, 0.3) is 0 Å². The van der Waals surface area contributed by atoms with Crippen LogP contribution in [0.15, 0.2) is 0 Å². The molecule has 0 bridgehead atoms. The minimum atomic E-state index is 0.220. The Labute approximate surface area is 98.6 Å². The number of piperidine rings is 1. The molecular formula is C13H24N2O. The average Bonchev–Trinajstić information content (AvgIpc) is 2.62. The summed E-state index contributed by atoms with van der Waals surface area (Å²) < 4.78 is 0. The number of amides is 1. The first-order valence-electron chi connectivity index (χ1n) is 6.57. The highest BCUT2D eigenvalue weighted by molar-refractivity contribution is 5.79. The number of hydrogen-bond acceptors (Lipinski definition) is 2. The van der Waals surface area contributed by atoms with E-state index >= 15 is 0 Å². The topological polar surface area (TPSA) is 32.3 Å². The van der Waals surface area contributed by atoms with Gasteiger partial charge >= 0.3 is 0 Å². The van der Waals surface area contributed by atoms with E-state index in [0.717, 1.165) is 26.2 Å². The Hall–Kier alpha value is -0.570.